The van der Waals surface area contributed by atoms with Crippen molar-refractivity contribution >= 4 is 23.9 Å². The number of esters is 2. The zero-order chi connectivity index (χ0) is 24.0. The number of Topliss-reactive ketones (excluding diaryl/α,β-unsaturated/α-hetero) is 1. The van der Waals surface area contributed by atoms with Gasteiger partial charge in [0.15, 0.2) is 11.9 Å². The van der Waals surface area contributed by atoms with Gasteiger partial charge in [-0.05, 0) is 43.1 Å². The Morgan fingerprint density at radius 1 is 1.21 bits per heavy atom. The quantitative estimate of drug-likeness (QED) is 0.488. The van der Waals surface area contributed by atoms with Crippen LogP contribution in [0.1, 0.15) is 58.1 Å². The molecule has 0 aromatic carbocycles. The Hall–Kier alpha value is -2.84. The molecule has 0 amide bonds. The number of ether oxygens (including phenoxy) is 4. The number of methoxy groups -OCH3 is 1. The molecule has 3 fully saturated rings. The molecule has 4 rings (SSSR count). The minimum atomic E-state index is -1.16. The van der Waals surface area contributed by atoms with Crippen molar-refractivity contribution in [2.45, 2.75) is 58.7 Å². The molecule has 3 aliphatic rings. The highest BCUT2D eigenvalue weighted by Gasteiger charge is 2.67. The van der Waals surface area contributed by atoms with E-state index in [2.05, 4.69) is 0 Å². The van der Waals surface area contributed by atoms with E-state index < -0.39 is 52.9 Å². The van der Waals surface area contributed by atoms with E-state index in [9.17, 15) is 19.2 Å². The molecule has 0 spiro atoms. The predicted octanol–water partition coefficient (Wildman–Crippen LogP) is 3.61. The number of fused-ring (bicyclic) bond motifs is 3. The summed E-state index contributed by atoms with van der Waals surface area (Å²) in [5.41, 5.74) is -0.866. The Morgan fingerprint density at radius 3 is 2.61 bits per heavy atom. The van der Waals surface area contributed by atoms with Gasteiger partial charge in [0.05, 0.1) is 38.1 Å². The number of hydrogen-bond acceptors (Lipinski definition) is 9. The molecule has 9 nitrogen and oxygen atoms in total. The predicted molar refractivity (Wildman–Crippen MR) is 112 cm³/mol. The van der Waals surface area contributed by atoms with Gasteiger partial charge in [0.25, 0.3) is 0 Å². The molecule has 1 aliphatic heterocycles. The van der Waals surface area contributed by atoms with Crippen molar-refractivity contribution in [1.82, 2.24) is 0 Å². The number of carbonyl (C=O) groups excluding carboxylic acids is 4. The maximum Gasteiger partial charge on any atom is 0.508 e. The van der Waals surface area contributed by atoms with Crippen molar-refractivity contribution in [1.29, 1.82) is 0 Å². The van der Waals surface area contributed by atoms with Crippen LogP contribution < -0.4 is 0 Å². The van der Waals surface area contributed by atoms with Gasteiger partial charge in [0.1, 0.15) is 6.10 Å². The van der Waals surface area contributed by atoms with Gasteiger partial charge in [-0.1, -0.05) is 13.8 Å². The zero-order valence-corrected chi connectivity index (χ0v) is 19.3. The van der Waals surface area contributed by atoms with Gasteiger partial charge in [-0.2, -0.15) is 0 Å². The minimum absolute atomic E-state index is 0.0215. The Balaban J connectivity index is 1.76. The smallest absolute Gasteiger partial charge is 0.472 e. The van der Waals surface area contributed by atoms with Crippen LogP contribution in [-0.4, -0.2) is 43.7 Å². The summed E-state index contributed by atoms with van der Waals surface area (Å²) in [4.78, 5) is 51.9. The highest BCUT2D eigenvalue weighted by Crippen LogP contribution is 2.65. The molecule has 1 unspecified atom stereocenters. The topological polar surface area (TPSA) is 118 Å². The van der Waals surface area contributed by atoms with Crippen LogP contribution in [0, 0.1) is 28.6 Å². The van der Waals surface area contributed by atoms with Gasteiger partial charge in [0.2, 0.25) is 0 Å². The van der Waals surface area contributed by atoms with Crippen LogP contribution >= 0.6 is 0 Å². The third kappa shape index (κ3) is 3.71. The monoisotopic (exact) mass is 462 g/mol. The molecule has 7 atom stereocenters. The van der Waals surface area contributed by atoms with Gasteiger partial charge < -0.3 is 23.4 Å². The number of hydrogen-bond donors (Lipinski definition) is 0. The lowest BCUT2D eigenvalue weighted by Gasteiger charge is -2.60. The Bertz CT molecular complexity index is 938. The fourth-order valence-electron chi connectivity index (χ4n) is 6.53. The SMILES string of the molecule is CCOC(=O)O[C@H]1C[C@@H](C(=O)OC)[C@]2(C)CC[C@H]3C(=O)O[C@H](c4ccoc4)C[C@]3(C)C2C1=O. The largest absolute Gasteiger partial charge is 0.508 e. The zero-order valence-electron chi connectivity index (χ0n) is 19.3. The van der Waals surface area contributed by atoms with E-state index in [0.717, 1.165) is 0 Å². The van der Waals surface area contributed by atoms with Gasteiger partial charge in [-0.15, -0.1) is 0 Å². The first-order valence-corrected chi connectivity index (χ1v) is 11.3. The van der Waals surface area contributed by atoms with Crippen LogP contribution in [0.3, 0.4) is 0 Å². The molecule has 180 valence electrons. The average molecular weight is 462 g/mol. The Morgan fingerprint density at radius 2 is 1.97 bits per heavy atom. The summed E-state index contributed by atoms with van der Waals surface area (Å²) in [7, 11) is 1.30. The Kier molecular flexibility index (Phi) is 6.01. The average Bonchev–Trinajstić information content (AvgIpc) is 3.29. The molecule has 9 heteroatoms. The van der Waals surface area contributed by atoms with Crippen molar-refractivity contribution in [3.63, 3.8) is 0 Å². The van der Waals surface area contributed by atoms with Gasteiger partial charge in [-0.3, -0.25) is 14.4 Å². The van der Waals surface area contributed by atoms with Crippen LogP contribution in [0.25, 0.3) is 0 Å². The van der Waals surface area contributed by atoms with E-state index in [0.29, 0.717) is 24.8 Å². The van der Waals surface area contributed by atoms with Crippen molar-refractivity contribution in [2.24, 2.45) is 28.6 Å². The lowest BCUT2D eigenvalue weighted by molar-refractivity contribution is -0.208. The molecule has 0 bridgehead atoms. The van der Waals surface area contributed by atoms with E-state index in [4.69, 9.17) is 23.4 Å². The van der Waals surface area contributed by atoms with E-state index in [1.807, 2.05) is 13.8 Å². The normalized spacial score (nSPS) is 37.9. The fourth-order valence-corrected chi connectivity index (χ4v) is 6.53. The maximum atomic E-state index is 13.9. The van der Waals surface area contributed by atoms with Crippen LogP contribution in [0.5, 0.6) is 0 Å². The number of carbonyl (C=O) groups is 4. The lowest BCUT2D eigenvalue weighted by atomic mass is 9.43. The van der Waals surface area contributed by atoms with E-state index in [1.165, 1.54) is 19.6 Å². The molecule has 0 radical (unpaired) electrons. The summed E-state index contributed by atoms with van der Waals surface area (Å²) in [5.74, 6) is -3.02. The molecule has 1 aromatic rings. The molecule has 0 N–H and O–H groups in total. The third-order valence-electron chi connectivity index (χ3n) is 8.00. The standard InChI is InChI=1S/C24H30O9/c1-5-31-22(28)33-16-10-15(20(26)29-4)23(2)8-6-14-21(27)32-17(13-7-9-30-12-13)11-24(14,3)19(23)18(16)25/h7,9,12,14-17,19H,5-6,8,10-11H2,1-4H3/t14-,15-,16-,17-,19?,23-,24-/m0/s1. The van der Waals surface area contributed by atoms with Gasteiger partial charge >= 0.3 is 18.1 Å². The first kappa shape index (κ1) is 23.3. The number of rotatable bonds is 4. The second-order valence-electron chi connectivity index (χ2n) is 9.73. The number of ketones is 1. The van der Waals surface area contributed by atoms with Crippen LogP contribution in [-0.2, 0) is 33.3 Å². The fraction of sp³-hybridized carbons (Fsp3) is 0.667. The molecular formula is C24H30O9. The second kappa shape index (κ2) is 8.50. The minimum Gasteiger partial charge on any atom is -0.472 e. The highest BCUT2D eigenvalue weighted by molar-refractivity contribution is 5.93. The van der Waals surface area contributed by atoms with Gasteiger partial charge in [-0.25, -0.2) is 4.79 Å². The van der Waals surface area contributed by atoms with Crippen LogP contribution in [0.15, 0.2) is 23.0 Å². The first-order chi connectivity index (χ1) is 15.7. The maximum absolute atomic E-state index is 13.9. The highest BCUT2D eigenvalue weighted by atomic mass is 16.7. The Labute approximate surface area is 192 Å². The third-order valence-corrected chi connectivity index (χ3v) is 8.00. The summed E-state index contributed by atoms with van der Waals surface area (Å²) >= 11 is 0. The number of furan rings is 1. The van der Waals surface area contributed by atoms with E-state index in [-0.39, 0.29) is 24.8 Å². The lowest BCUT2D eigenvalue weighted by Crippen LogP contribution is -2.64. The molecule has 1 aromatic heterocycles. The first-order valence-electron chi connectivity index (χ1n) is 11.3. The molecule has 2 saturated carbocycles. The molecular weight excluding hydrogens is 432 g/mol. The molecule has 33 heavy (non-hydrogen) atoms. The molecule has 1 saturated heterocycles. The molecule has 2 heterocycles. The van der Waals surface area contributed by atoms with Crippen molar-refractivity contribution < 1.29 is 42.5 Å². The van der Waals surface area contributed by atoms with Crippen LogP contribution in [0.4, 0.5) is 4.79 Å². The summed E-state index contributed by atoms with van der Waals surface area (Å²) in [6, 6.07) is 1.73. The summed E-state index contributed by atoms with van der Waals surface area (Å²) in [5, 5.41) is 0. The summed E-state index contributed by atoms with van der Waals surface area (Å²) in [6.07, 6.45) is 1.71. The number of cyclic esters (lactones) is 1. The summed E-state index contributed by atoms with van der Waals surface area (Å²) in [6.45, 7) is 5.55. The second-order valence-corrected chi connectivity index (χ2v) is 9.73. The van der Waals surface area contributed by atoms with Crippen molar-refractivity contribution in [3.8, 4) is 0 Å². The summed E-state index contributed by atoms with van der Waals surface area (Å²) < 4.78 is 26.2. The van der Waals surface area contributed by atoms with Crippen LogP contribution in [0.2, 0.25) is 0 Å². The molecule has 2 aliphatic carbocycles. The van der Waals surface area contributed by atoms with Crippen molar-refractivity contribution in [3.05, 3.63) is 24.2 Å². The van der Waals surface area contributed by atoms with E-state index >= 15 is 0 Å². The van der Waals surface area contributed by atoms with Gasteiger partial charge in [0, 0.05) is 17.9 Å². The van der Waals surface area contributed by atoms with Crippen molar-refractivity contribution in [2.75, 3.05) is 13.7 Å². The van der Waals surface area contributed by atoms with E-state index in [1.54, 1.807) is 13.0 Å².